The third-order valence-corrected chi connectivity index (χ3v) is 11.5. The van der Waals surface area contributed by atoms with Crippen LogP contribution in [0, 0.1) is 0 Å². The molecule has 258 valence electrons. The van der Waals surface area contributed by atoms with Crippen LogP contribution < -0.4 is 0 Å². The third-order valence-electron chi connectivity index (χ3n) is 11.0. The predicted molar refractivity (Wildman–Crippen MR) is 234 cm³/mol. The highest BCUT2D eigenvalue weighted by Crippen LogP contribution is 2.62. The summed E-state index contributed by atoms with van der Waals surface area (Å²) in [6, 6.07) is 57.7. The molecule has 10 rings (SSSR count). The highest BCUT2D eigenvalue weighted by atomic mass is 79.9. The molecule has 2 heteroatoms. The summed E-state index contributed by atoms with van der Waals surface area (Å²) < 4.78 is 3.50. The summed E-state index contributed by atoms with van der Waals surface area (Å²) in [7, 11) is 0. The molecule has 1 heterocycles. The van der Waals surface area contributed by atoms with Gasteiger partial charge in [0.05, 0.1) is 16.4 Å². The Bertz CT molecular complexity index is 2820. The maximum Gasteiger partial charge on any atom is 0.0725 e. The van der Waals surface area contributed by atoms with E-state index >= 15 is 0 Å². The quantitative estimate of drug-likeness (QED) is 0.154. The molecular formula is C52H38BrN. The zero-order valence-electron chi connectivity index (χ0n) is 30.2. The second kappa shape index (κ2) is 13.3. The van der Waals surface area contributed by atoms with Gasteiger partial charge >= 0.3 is 0 Å². The Balaban J connectivity index is 0.00000124. The SMILES string of the molecule is C=CC.C=CC1=C(C=C)C2(c3ccc(-n4c5ccccc5c5cc(-c6cccc(-c7cccc(Br)c7)c6)ccc54)cc31)c1ccccc1-c1ccccc12. The maximum absolute atomic E-state index is 4.39. The van der Waals surface area contributed by atoms with E-state index in [0.29, 0.717) is 0 Å². The van der Waals surface area contributed by atoms with E-state index in [1.54, 1.807) is 6.08 Å². The van der Waals surface area contributed by atoms with E-state index in [9.17, 15) is 0 Å². The Morgan fingerprint density at radius 1 is 0.500 bits per heavy atom. The van der Waals surface area contributed by atoms with Crippen LogP contribution in [-0.2, 0) is 5.41 Å². The predicted octanol–water partition coefficient (Wildman–Crippen LogP) is 14.5. The lowest BCUT2D eigenvalue weighted by Gasteiger charge is -2.31. The smallest absolute Gasteiger partial charge is 0.0725 e. The first kappa shape index (κ1) is 33.6. The minimum absolute atomic E-state index is 0.438. The van der Waals surface area contributed by atoms with Gasteiger partial charge in [-0.25, -0.2) is 0 Å². The van der Waals surface area contributed by atoms with Crippen LogP contribution in [0.25, 0.3) is 66.4 Å². The van der Waals surface area contributed by atoms with Crippen LogP contribution in [0.3, 0.4) is 0 Å². The number of benzene rings is 7. The Kier molecular flexibility index (Phi) is 8.29. The monoisotopic (exact) mass is 755 g/mol. The number of hydrogen-bond acceptors (Lipinski definition) is 0. The molecule has 0 unspecified atom stereocenters. The van der Waals surface area contributed by atoms with Crippen LogP contribution in [-0.4, -0.2) is 4.57 Å². The molecule has 0 radical (unpaired) electrons. The zero-order valence-corrected chi connectivity index (χ0v) is 31.8. The van der Waals surface area contributed by atoms with Crippen LogP contribution in [0.1, 0.15) is 29.2 Å². The summed E-state index contributed by atoms with van der Waals surface area (Å²) in [6.07, 6.45) is 5.83. The maximum atomic E-state index is 4.39. The second-order valence-corrected chi connectivity index (χ2v) is 14.8. The number of nitrogens with zero attached hydrogens (tertiary/aromatic N) is 1. The van der Waals surface area contributed by atoms with Crippen LogP contribution in [0.4, 0.5) is 0 Å². The van der Waals surface area contributed by atoms with Crippen molar-refractivity contribution >= 4 is 43.3 Å². The van der Waals surface area contributed by atoms with Gasteiger partial charge in [-0.1, -0.05) is 157 Å². The molecule has 1 nitrogen and oxygen atoms in total. The molecule has 0 fully saturated rings. The first-order valence-electron chi connectivity index (χ1n) is 18.3. The zero-order chi connectivity index (χ0) is 37.0. The standard InChI is InChI=1S/C49H32BrN.C3H6/c1-3-37-41-30-36(24-25-46(41)49(43(37)4-2)44-20-8-5-17-38(44)39-18-6-9-21-45(39)49)51-47-22-10-7-19-40(47)42-29-34(23-26-48(42)51)32-14-11-13-31(27-32)33-15-12-16-35(50)28-33;1-3-2/h3-30H,1-2H2;3H,1H2,2H3. The van der Waals surface area contributed by atoms with E-state index in [1.807, 2.05) is 13.0 Å². The van der Waals surface area contributed by atoms with Gasteiger partial charge in [-0.05, 0) is 122 Å². The molecule has 0 saturated heterocycles. The molecule has 0 aliphatic heterocycles. The minimum atomic E-state index is -0.438. The van der Waals surface area contributed by atoms with Crippen molar-refractivity contribution in [1.82, 2.24) is 4.57 Å². The topological polar surface area (TPSA) is 4.93 Å². The molecule has 0 N–H and O–H groups in total. The van der Waals surface area contributed by atoms with Crippen LogP contribution in [0.15, 0.2) is 206 Å². The van der Waals surface area contributed by atoms with Crippen molar-refractivity contribution in [2.24, 2.45) is 0 Å². The van der Waals surface area contributed by atoms with Crippen LogP contribution >= 0.6 is 15.9 Å². The van der Waals surface area contributed by atoms with E-state index < -0.39 is 5.41 Å². The lowest BCUT2D eigenvalue weighted by molar-refractivity contribution is 0.786. The van der Waals surface area contributed by atoms with Gasteiger partial charge < -0.3 is 4.57 Å². The molecule has 0 bridgehead atoms. The highest BCUT2D eigenvalue weighted by Gasteiger charge is 2.51. The summed E-state index contributed by atoms with van der Waals surface area (Å²) in [5, 5.41) is 2.47. The van der Waals surface area contributed by atoms with Crippen LogP contribution in [0.2, 0.25) is 0 Å². The summed E-state index contributed by atoms with van der Waals surface area (Å²) >= 11 is 3.64. The fraction of sp³-hybridized carbons (Fsp3) is 0.0385. The summed E-state index contributed by atoms with van der Waals surface area (Å²) in [4.78, 5) is 0. The highest BCUT2D eigenvalue weighted by molar-refractivity contribution is 9.10. The summed E-state index contributed by atoms with van der Waals surface area (Å²) in [6.45, 7) is 14.0. The number of para-hydroxylation sites is 1. The molecule has 7 aromatic carbocycles. The first-order chi connectivity index (χ1) is 26.5. The Morgan fingerprint density at radius 3 is 1.74 bits per heavy atom. The molecule has 54 heavy (non-hydrogen) atoms. The number of allylic oxidation sites excluding steroid dienone is 5. The van der Waals surface area contributed by atoms with E-state index in [-0.39, 0.29) is 0 Å². The van der Waals surface area contributed by atoms with Gasteiger partial charge in [0.1, 0.15) is 0 Å². The van der Waals surface area contributed by atoms with Crippen molar-refractivity contribution in [2.75, 3.05) is 0 Å². The number of rotatable bonds is 5. The second-order valence-electron chi connectivity index (χ2n) is 13.9. The van der Waals surface area contributed by atoms with Gasteiger partial charge in [-0.3, -0.25) is 0 Å². The Labute approximate surface area is 325 Å². The normalized spacial score (nSPS) is 13.3. The molecule has 2 aliphatic carbocycles. The van der Waals surface area contributed by atoms with E-state index in [0.717, 1.165) is 15.7 Å². The number of hydrogen-bond donors (Lipinski definition) is 0. The number of fused-ring (bicyclic) bond motifs is 10. The van der Waals surface area contributed by atoms with E-state index in [1.165, 1.54) is 83.0 Å². The van der Waals surface area contributed by atoms with E-state index in [2.05, 4.69) is 204 Å². The third kappa shape index (κ3) is 4.91. The average molecular weight is 757 g/mol. The fourth-order valence-corrected chi connectivity index (χ4v) is 9.39. The Morgan fingerprint density at radius 2 is 1.07 bits per heavy atom. The van der Waals surface area contributed by atoms with Crippen molar-refractivity contribution in [3.63, 3.8) is 0 Å². The van der Waals surface area contributed by atoms with Gasteiger partial charge in [0.2, 0.25) is 0 Å². The lowest BCUT2D eigenvalue weighted by atomic mass is 9.69. The molecule has 0 amide bonds. The number of halogens is 1. The Hall–Kier alpha value is -6.22. The molecule has 1 spiro atoms. The molecular weight excluding hydrogens is 718 g/mol. The van der Waals surface area contributed by atoms with Gasteiger partial charge in [0, 0.05) is 20.9 Å². The van der Waals surface area contributed by atoms with Crippen molar-refractivity contribution in [2.45, 2.75) is 12.3 Å². The first-order valence-corrected chi connectivity index (χ1v) is 19.1. The molecule has 0 saturated carbocycles. The largest absolute Gasteiger partial charge is 0.309 e. The van der Waals surface area contributed by atoms with E-state index in [4.69, 9.17) is 0 Å². The van der Waals surface area contributed by atoms with Gasteiger partial charge in [0.25, 0.3) is 0 Å². The molecule has 0 atom stereocenters. The van der Waals surface area contributed by atoms with Crippen molar-refractivity contribution in [1.29, 1.82) is 0 Å². The van der Waals surface area contributed by atoms with Gasteiger partial charge in [0.15, 0.2) is 0 Å². The van der Waals surface area contributed by atoms with Crippen LogP contribution in [0.5, 0.6) is 0 Å². The summed E-state index contributed by atoms with van der Waals surface area (Å²) in [5.41, 5.74) is 17.8. The summed E-state index contributed by atoms with van der Waals surface area (Å²) in [5.74, 6) is 0. The minimum Gasteiger partial charge on any atom is -0.309 e. The number of aromatic nitrogens is 1. The molecule has 2 aliphatic rings. The van der Waals surface area contributed by atoms with Gasteiger partial charge in [-0.2, -0.15) is 0 Å². The average Bonchev–Trinajstić information content (AvgIpc) is 3.81. The van der Waals surface area contributed by atoms with Crippen molar-refractivity contribution in [3.05, 3.63) is 228 Å². The fourth-order valence-electron chi connectivity index (χ4n) is 8.99. The van der Waals surface area contributed by atoms with Crippen molar-refractivity contribution in [3.8, 4) is 39.1 Å². The molecule has 1 aromatic heterocycles. The van der Waals surface area contributed by atoms with Gasteiger partial charge in [-0.15, -0.1) is 6.58 Å². The molecule has 8 aromatic rings. The van der Waals surface area contributed by atoms with Crippen molar-refractivity contribution < 1.29 is 0 Å². The lowest BCUT2D eigenvalue weighted by Crippen LogP contribution is -2.26.